The molecule has 7 rings (SSSR count). The van der Waals surface area contributed by atoms with Gasteiger partial charge in [0.15, 0.2) is 11.0 Å². The number of nitrogens with zero attached hydrogens (tertiary/aromatic N) is 6. The van der Waals surface area contributed by atoms with Crippen LogP contribution in [0.2, 0.25) is 5.15 Å². The van der Waals surface area contributed by atoms with Gasteiger partial charge in [-0.05, 0) is 50.2 Å². The summed E-state index contributed by atoms with van der Waals surface area (Å²) in [7, 11) is 0. The summed E-state index contributed by atoms with van der Waals surface area (Å²) in [4.78, 5) is 16.0. The zero-order valence-electron chi connectivity index (χ0n) is 28.6. The number of rotatable bonds is 13. The molecule has 0 aliphatic rings. The zero-order chi connectivity index (χ0) is 35.9. The van der Waals surface area contributed by atoms with E-state index in [9.17, 15) is 4.79 Å². The molecule has 7 aromatic rings. The standard InChI is InChI=1S/C42H36Cl2N6O2/c1-2-3-23-38-45-39(43)37(29-52-41(44)51)49(38)28-30-24-26-31(27-25-30)35-21-13-14-22-36(35)40-46-47-48-50(40)42(32-15-7-4-8-16-32,33-17-9-5-10-18-33)34-19-11-6-12-20-34/h4-22,24-27H,2-3,23,28-29H2,1H3. The molecule has 0 saturated carbocycles. The van der Waals surface area contributed by atoms with E-state index in [-0.39, 0.29) is 6.61 Å². The van der Waals surface area contributed by atoms with Crippen LogP contribution in [-0.4, -0.2) is 35.2 Å². The Labute approximate surface area is 312 Å². The largest absolute Gasteiger partial charge is 0.447 e. The first kappa shape index (κ1) is 34.9. The number of tetrazole rings is 1. The van der Waals surface area contributed by atoms with Crippen molar-refractivity contribution < 1.29 is 9.53 Å². The van der Waals surface area contributed by atoms with Crippen LogP contribution in [0.3, 0.4) is 0 Å². The Bertz CT molecular complexity index is 2160. The van der Waals surface area contributed by atoms with E-state index in [4.69, 9.17) is 38.3 Å². The van der Waals surface area contributed by atoms with Crippen molar-refractivity contribution in [3.8, 4) is 22.5 Å². The van der Waals surface area contributed by atoms with E-state index in [1.54, 1.807) is 0 Å². The van der Waals surface area contributed by atoms with Gasteiger partial charge in [-0.15, -0.1) is 5.10 Å². The third-order valence-corrected chi connectivity index (χ3v) is 9.73. The highest BCUT2D eigenvalue weighted by molar-refractivity contribution is 6.61. The summed E-state index contributed by atoms with van der Waals surface area (Å²) in [5, 5.41) is 14.1. The molecule has 0 N–H and O–H groups in total. The van der Waals surface area contributed by atoms with Gasteiger partial charge in [-0.25, -0.2) is 14.5 Å². The molecule has 52 heavy (non-hydrogen) atoms. The molecule has 8 nitrogen and oxygen atoms in total. The van der Waals surface area contributed by atoms with Crippen molar-refractivity contribution in [2.24, 2.45) is 0 Å². The maximum Gasteiger partial charge on any atom is 0.404 e. The van der Waals surface area contributed by atoms with Crippen LogP contribution in [0.4, 0.5) is 4.79 Å². The van der Waals surface area contributed by atoms with E-state index in [0.29, 0.717) is 23.2 Å². The maximum absolute atomic E-state index is 11.4. The van der Waals surface area contributed by atoms with E-state index < -0.39 is 11.0 Å². The summed E-state index contributed by atoms with van der Waals surface area (Å²) >= 11 is 12.0. The Morgan fingerprint density at radius 3 is 1.87 bits per heavy atom. The average molecular weight is 728 g/mol. The molecule has 260 valence electrons. The van der Waals surface area contributed by atoms with Crippen molar-refractivity contribution in [3.05, 3.63) is 178 Å². The molecule has 2 heterocycles. The molecular formula is C42H36Cl2N6O2. The number of ether oxygens (including phenoxy) is 1. The third-order valence-electron chi connectivity index (χ3n) is 9.31. The molecule has 0 radical (unpaired) electrons. The molecule has 0 spiro atoms. The fraction of sp³-hybridized carbons (Fsp3) is 0.167. The van der Waals surface area contributed by atoms with Gasteiger partial charge in [-0.2, -0.15) is 0 Å². The zero-order valence-corrected chi connectivity index (χ0v) is 30.1. The monoisotopic (exact) mass is 726 g/mol. The van der Waals surface area contributed by atoms with Gasteiger partial charge >= 0.3 is 5.43 Å². The van der Waals surface area contributed by atoms with Crippen LogP contribution >= 0.6 is 23.2 Å². The van der Waals surface area contributed by atoms with Crippen molar-refractivity contribution in [1.82, 2.24) is 29.8 Å². The Balaban J connectivity index is 1.31. The SMILES string of the molecule is CCCCc1nc(Cl)c(COC(=O)Cl)n1Cc1ccc(-c2ccccc2-c2nnnn2C(c2ccccc2)(c2ccccc2)c2ccccc2)cc1. The van der Waals surface area contributed by atoms with Gasteiger partial charge in [0, 0.05) is 30.1 Å². The minimum atomic E-state index is -0.887. The van der Waals surface area contributed by atoms with E-state index >= 15 is 0 Å². The Morgan fingerprint density at radius 2 is 1.31 bits per heavy atom. The number of aryl methyl sites for hydroxylation is 1. The van der Waals surface area contributed by atoms with E-state index in [1.807, 2.05) is 76.0 Å². The fourth-order valence-electron chi connectivity index (χ4n) is 6.87. The van der Waals surface area contributed by atoms with Crippen LogP contribution < -0.4 is 0 Å². The Hall–Kier alpha value is -5.57. The third kappa shape index (κ3) is 6.87. The van der Waals surface area contributed by atoms with E-state index in [0.717, 1.165) is 64.0 Å². The first-order chi connectivity index (χ1) is 25.5. The van der Waals surface area contributed by atoms with E-state index in [2.05, 4.69) is 89.9 Å². The lowest BCUT2D eigenvalue weighted by molar-refractivity contribution is 0.164. The molecule has 0 aliphatic heterocycles. The van der Waals surface area contributed by atoms with Crippen molar-refractivity contribution in [2.75, 3.05) is 0 Å². The molecule has 0 aliphatic carbocycles. The number of benzene rings is 5. The predicted molar refractivity (Wildman–Crippen MR) is 204 cm³/mol. The highest BCUT2D eigenvalue weighted by Gasteiger charge is 2.42. The van der Waals surface area contributed by atoms with Crippen LogP contribution in [0.1, 0.15) is 53.5 Å². The van der Waals surface area contributed by atoms with Gasteiger partial charge in [0.25, 0.3) is 0 Å². The van der Waals surface area contributed by atoms with Gasteiger partial charge in [0.1, 0.15) is 18.0 Å². The van der Waals surface area contributed by atoms with Crippen LogP contribution in [0, 0.1) is 0 Å². The number of aromatic nitrogens is 6. The highest BCUT2D eigenvalue weighted by atomic mass is 35.5. The van der Waals surface area contributed by atoms with Crippen LogP contribution in [-0.2, 0) is 29.8 Å². The number of carbonyl (C=O) groups excluding carboxylic acids is 1. The number of unbranched alkanes of at least 4 members (excludes halogenated alkanes) is 1. The van der Waals surface area contributed by atoms with Crippen molar-refractivity contribution >= 4 is 28.6 Å². The van der Waals surface area contributed by atoms with Gasteiger partial charge in [0.2, 0.25) is 0 Å². The topological polar surface area (TPSA) is 87.7 Å². The predicted octanol–water partition coefficient (Wildman–Crippen LogP) is 9.96. The van der Waals surface area contributed by atoms with Crippen molar-refractivity contribution in [3.63, 3.8) is 0 Å². The number of halogens is 2. The van der Waals surface area contributed by atoms with Crippen LogP contribution in [0.25, 0.3) is 22.5 Å². The number of carbonyl (C=O) groups is 1. The molecule has 5 aromatic carbocycles. The summed E-state index contributed by atoms with van der Waals surface area (Å²) in [6.07, 6.45) is 2.72. The smallest absolute Gasteiger partial charge is 0.404 e. The molecular weight excluding hydrogens is 691 g/mol. The number of hydrogen-bond acceptors (Lipinski definition) is 6. The summed E-state index contributed by atoms with van der Waals surface area (Å²) in [6.45, 7) is 2.57. The molecule has 0 saturated heterocycles. The van der Waals surface area contributed by atoms with Gasteiger partial charge in [0.05, 0.1) is 5.69 Å². The molecule has 0 unspecified atom stereocenters. The second-order valence-electron chi connectivity index (χ2n) is 12.4. The lowest BCUT2D eigenvalue weighted by Gasteiger charge is -2.36. The minimum Gasteiger partial charge on any atom is -0.447 e. The molecule has 2 aromatic heterocycles. The highest BCUT2D eigenvalue weighted by Crippen LogP contribution is 2.43. The summed E-state index contributed by atoms with van der Waals surface area (Å²) in [6, 6.07) is 47.7. The van der Waals surface area contributed by atoms with Crippen molar-refractivity contribution in [1.29, 1.82) is 0 Å². The summed E-state index contributed by atoms with van der Waals surface area (Å²) in [5.41, 5.74) is 5.85. The average Bonchev–Trinajstić information content (AvgIpc) is 3.79. The van der Waals surface area contributed by atoms with E-state index in [1.165, 1.54) is 0 Å². The second-order valence-corrected chi connectivity index (χ2v) is 13.1. The van der Waals surface area contributed by atoms with Crippen LogP contribution in [0.15, 0.2) is 140 Å². The minimum absolute atomic E-state index is 0.0586. The lowest BCUT2D eigenvalue weighted by atomic mass is 9.77. The maximum atomic E-state index is 11.4. The number of imidazole rings is 1. The van der Waals surface area contributed by atoms with Gasteiger partial charge in [-0.3, -0.25) is 0 Å². The van der Waals surface area contributed by atoms with Gasteiger partial charge < -0.3 is 9.30 Å². The lowest BCUT2D eigenvalue weighted by Crippen LogP contribution is -2.39. The first-order valence-corrected chi connectivity index (χ1v) is 18.0. The molecule has 0 atom stereocenters. The van der Waals surface area contributed by atoms with Crippen molar-refractivity contribution in [2.45, 2.75) is 44.9 Å². The normalized spacial score (nSPS) is 11.4. The van der Waals surface area contributed by atoms with Crippen LogP contribution in [0.5, 0.6) is 0 Å². The Morgan fingerprint density at radius 1 is 0.750 bits per heavy atom. The molecule has 0 amide bonds. The fourth-order valence-corrected chi connectivity index (χ4v) is 7.18. The van der Waals surface area contributed by atoms with Gasteiger partial charge in [-0.1, -0.05) is 164 Å². The second kappa shape index (κ2) is 15.8. The quantitative estimate of drug-likeness (QED) is 0.0868. The molecule has 0 fully saturated rings. The summed E-state index contributed by atoms with van der Waals surface area (Å²) < 4.78 is 9.09. The first-order valence-electron chi connectivity index (χ1n) is 17.2. The molecule has 0 bridgehead atoms. The Kier molecular flexibility index (Phi) is 10.6. The molecule has 10 heteroatoms. The summed E-state index contributed by atoms with van der Waals surface area (Å²) in [5.74, 6) is 1.47. The number of hydrogen-bond donors (Lipinski definition) is 0.